The summed E-state index contributed by atoms with van der Waals surface area (Å²) in [6.07, 6.45) is 2.29. The molecular weight excluding hydrogens is 418 g/mol. The Kier molecular flexibility index (Phi) is 7.46. The number of hydrogen-bond donors (Lipinski definition) is 0. The van der Waals surface area contributed by atoms with Gasteiger partial charge in [-0.3, -0.25) is 9.59 Å². The van der Waals surface area contributed by atoms with Crippen molar-refractivity contribution in [3.05, 3.63) is 65.4 Å². The highest BCUT2D eigenvalue weighted by Gasteiger charge is 2.46. The zero-order chi connectivity index (χ0) is 24.2. The van der Waals surface area contributed by atoms with E-state index in [0.717, 1.165) is 33.3 Å². The smallest absolute Gasteiger partial charge is 0.323 e. The van der Waals surface area contributed by atoms with E-state index in [2.05, 4.69) is 35.9 Å². The van der Waals surface area contributed by atoms with Crippen molar-refractivity contribution in [3.8, 4) is 5.75 Å². The van der Waals surface area contributed by atoms with E-state index in [9.17, 15) is 9.59 Å². The third kappa shape index (κ3) is 4.90. The summed E-state index contributed by atoms with van der Waals surface area (Å²) in [7, 11) is 3.63. The van der Waals surface area contributed by atoms with Crippen molar-refractivity contribution < 1.29 is 23.8 Å². The van der Waals surface area contributed by atoms with Gasteiger partial charge in [-0.2, -0.15) is 0 Å². The van der Waals surface area contributed by atoms with E-state index in [1.54, 1.807) is 27.9 Å². The van der Waals surface area contributed by atoms with Crippen molar-refractivity contribution in [3.63, 3.8) is 0 Å². The van der Waals surface area contributed by atoms with Crippen molar-refractivity contribution in [1.29, 1.82) is 0 Å². The lowest BCUT2D eigenvalue weighted by molar-refractivity contribution is -0.171. The molecule has 1 unspecified atom stereocenters. The van der Waals surface area contributed by atoms with E-state index in [1.165, 1.54) is 0 Å². The van der Waals surface area contributed by atoms with Gasteiger partial charge in [-0.1, -0.05) is 23.8 Å². The molecule has 0 spiro atoms. The Bertz CT molecular complexity index is 1110. The lowest BCUT2D eigenvalue weighted by Gasteiger charge is -2.29. The van der Waals surface area contributed by atoms with Gasteiger partial charge >= 0.3 is 11.9 Å². The molecule has 0 amide bonds. The molecule has 176 valence electrons. The van der Waals surface area contributed by atoms with Crippen LogP contribution in [0, 0.1) is 12.3 Å². The average Bonchev–Trinajstić information content (AvgIpc) is 3.13. The molecule has 0 saturated carbocycles. The fourth-order valence-electron chi connectivity index (χ4n) is 4.30. The predicted molar refractivity (Wildman–Crippen MR) is 128 cm³/mol. The largest absolute Gasteiger partial charge is 0.497 e. The van der Waals surface area contributed by atoms with Crippen LogP contribution >= 0.6 is 0 Å². The minimum Gasteiger partial charge on any atom is -0.497 e. The molecule has 0 aliphatic carbocycles. The van der Waals surface area contributed by atoms with E-state index >= 15 is 0 Å². The van der Waals surface area contributed by atoms with E-state index in [-0.39, 0.29) is 25.6 Å². The van der Waals surface area contributed by atoms with Crippen molar-refractivity contribution in [2.24, 2.45) is 12.5 Å². The first kappa shape index (κ1) is 24.4. The second kappa shape index (κ2) is 10.1. The Morgan fingerprint density at radius 1 is 1.00 bits per heavy atom. The molecule has 1 atom stereocenters. The fraction of sp³-hybridized carbons (Fsp3) is 0.407. The topological polar surface area (TPSA) is 66.8 Å². The number of nitrogens with zero attached hydrogens (tertiary/aromatic N) is 1. The Morgan fingerprint density at radius 2 is 1.61 bits per heavy atom. The summed E-state index contributed by atoms with van der Waals surface area (Å²) < 4.78 is 18.1. The second-order valence-corrected chi connectivity index (χ2v) is 8.52. The van der Waals surface area contributed by atoms with E-state index in [1.807, 2.05) is 31.3 Å². The standard InChI is InChI=1S/C27H33NO5/c1-7-32-25(29)27(4,26(30)33-8-2)16-22(19-10-12-20(31-6)13-11-19)23-17-28(5)24-14-9-18(3)15-21(23)24/h9-15,17,22H,7-8,16H2,1-6H3. The number of ether oxygens (including phenoxy) is 3. The Balaban J connectivity index is 2.19. The molecular formula is C27H33NO5. The van der Waals surface area contributed by atoms with Gasteiger partial charge in [0.05, 0.1) is 20.3 Å². The molecule has 0 bridgehead atoms. The predicted octanol–water partition coefficient (Wildman–Crippen LogP) is 5.15. The third-order valence-corrected chi connectivity index (χ3v) is 6.13. The summed E-state index contributed by atoms with van der Waals surface area (Å²) in [6.45, 7) is 7.52. The zero-order valence-electron chi connectivity index (χ0n) is 20.3. The molecule has 0 fully saturated rings. The maximum atomic E-state index is 13.1. The van der Waals surface area contributed by atoms with Gasteiger partial charge in [-0.05, 0) is 69.5 Å². The molecule has 0 radical (unpaired) electrons. The van der Waals surface area contributed by atoms with Gasteiger partial charge < -0.3 is 18.8 Å². The van der Waals surface area contributed by atoms with E-state index in [0.29, 0.717) is 0 Å². The number of benzene rings is 2. The Labute approximate surface area is 195 Å². The Morgan fingerprint density at radius 3 is 2.15 bits per heavy atom. The van der Waals surface area contributed by atoms with Crippen LogP contribution in [0.3, 0.4) is 0 Å². The number of aromatic nitrogens is 1. The molecule has 0 N–H and O–H groups in total. The molecule has 6 heteroatoms. The first-order valence-corrected chi connectivity index (χ1v) is 11.3. The Hall–Kier alpha value is -3.28. The van der Waals surface area contributed by atoms with Crippen LogP contribution in [0.2, 0.25) is 0 Å². The van der Waals surface area contributed by atoms with Crippen LogP contribution < -0.4 is 4.74 Å². The molecule has 1 heterocycles. The number of hydrogen-bond acceptors (Lipinski definition) is 5. The van der Waals surface area contributed by atoms with E-state index in [4.69, 9.17) is 14.2 Å². The summed E-state index contributed by atoms with van der Waals surface area (Å²) in [5.41, 5.74) is 2.79. The first-order valence-electron chi connectivity index (χ1n) is 11.3. The summed E-state index contributed by atoms with van der Waals surface area (Å²) in [5.74, 6) is -0.651. The maximum absolute atomic E-state index is 13.1. The highest BCUT2D eigenvalue weighted by atomic mass is 16.6. The molecule has 0 aliphatic rings. The van der Waals surface area contributed by atoms with Gasteiger partial charge in [-0.15, -0.1) is 0 Å². The van der Waals surface area contributed by atoms with Gasteiger partial charge in [0, 0.05) is 30.1 Å². The number of carbonyl (C=O) groups excluding carboxylic acids is 2. The van der Waals surface area contributed by atoms with Crippen molar-refractivity contribution in [2.75, 3.05) is 20.3 Å². The number of esters is 2. The normalized spacial score (nSPS) is 12.4. The first-order chi connectivity index (χ1) is 15.7. The quantitative estimate of drug-likeness (QED) is 0.332. The molecule has 0 saturated heterocycles. The van der Waals surface area contributed by atoms with Crippen LogP contribution in [0.1, 0.15) is 49.8 Å². The number of methoxy groups -OCH3 is 1. The van der Waals surface area contributed by atoms with Gasteiger partial charge in [0.1, 0.15) is 5.75 Å². The molecule has 33 heavy (non-hydrogen) atoms. The van der Waals surface area contributed by atoms with Crippen LogP contribution in [0.15, 0.2) is 48.7 Å². The summed E-state index contributed by atoms with van der Waals surface area (Å²) >= 11 is 0. The zero-order valence-corrected chi connectivity index (χ0v) is 20.3. The molecule has 0 aliphatic heterocycles. The van der Waals surface area contributed by atoms with Crippen LogP contribution in [0.5, 0.6) is 5.75 Å². The SMILES string of the molecule is CCOC(=O)C(C)(CC(c1ccc(OC)cc1)c1cn(C)c2ccc(C)cc12)C(=O)OCC. The molecule has 3 aromatic rings. The van der Waals surface area contributed by atoms with Crippen LogP contribution in [0.4, 0.5) is 0 Å². The number of aryl methyl sites for hydroxylation is 2. The summed E-state index contributed by atoms with van der Waals surface area (Å²) in [5, 5.41) is 1.09. The third-order valence-electron chi connectivity index (χ3n) is 6.13. The minimum absolute atomic E-state index is 0.189. The van der Waals surface area contributed by atoms with Gasteiger partial charge in [0.15, 0.2) is 5.41 Å². The summed E-state index contributed by atoms with van der Waals surface area (Å²) in [4.78, 5) is 26.1. The lowest BCUT2D eigenvalue weighted by atomic mass is 9.75. The molecule has 3 rings (SSSR count). The molecule has 1 aromatic heterocycles. The number of carbonyl (C=O) groups is 2. The monoisotopic (exact) mass is 451 g/mol. The van der Waals surface area contributed by atoms with Crippen LogP contribution in [0.25, 0.3) is 10.9 Å². The molecule has 6 nitrogen and oxygen atoms in total. The van der Waals surface area contributed by atoms with Gasteiger partial charge in [-0.25, -0.2) is 0 Å². The minimum atomic E-state index is -1.46. The van der Waals surface area contributed by atoms with Gasteiger partial charge in [0.25, 0.3) is 0 Å². The lowest BCUT2D eigenvalue weighted by Crippen LogP contribution is -2.41. The van der Waals surface area contributed by atoms with Crippen LogP contribution in [-0.4, -0.2) is 36.8 Å². The van der Waals surface area contributed by atoms with Crippen LogP contribution in [-0.2, 0) is 26.1 Å². The average molecular weight is 452 g/mol. The second-order valence-electron chi connectivity index (χ2n) is 8.52. The fourth-order valence-corrected chi connectivity index (χ4v) is 4.30. The van der Waals surface area contributed by atoms with Crippen molar-refractivity contribution in [1.82, 2.24) is 4.57 Å². The van der Waals surface area contributed by atoms with E-state index < -0.39 is 17.4 Å². The highest BCUT2D eigenvalue weighted by molar-refractivity contribution is 6.00. The number of fused-ring (bicyclic) bond motifs is 1. The molecule has 2 aromatic carbocycles. The van der Waals surface area contributed by atoms with Gasteiger partial charge in [0.2, 0.25) is 0 Å². The van der Waals surface area contributed by atoms with Crippen molar-refractivity contribution in [2.45, 2.75) is 40.0 Å². The number of rotatable bonds is 9. The highest BCUT2D eigenvalue weighted by Crippen LogP contribution is 2.42. The maximum Gasteiger partial charge on any atom is 0.323 e. The summed E-state index contributed by atoms with van der Waals surface area (Å²) in [6, 6.07) is 14.1. The van der Waals surface area contributed by atoms with Crippen molar-refractivity contribution >= 4 is 22.8 Å².